The van der Waals surface area contributed by atoms with Crippen LogP contribution in [0.25, 0.3) is 88.0 Å². The molecule has 0 spiro atoms. The van der Waals surface area contributed by atoms with Crippen molar-refractivity contribution in [2.75, 3.05) is 0 Å². The van der Waals surface area contributed by atoms with E-state index in [2.05, 4.69) is 24.3 Å². The SMILES string of the molecule is [2H]c1c([2H])c([2H])c(-c2c(-c3c4ccccc4c(-c4ccc(-c5ccccc5)cc4)c4ccccc34)c([2H])c([2H])c3c2oc2c([2H])c([2H])c([2H])c([2H])c23)c([2H])c1[2H]. The normalized spacial score (nSPS) is 15.0. The molecular formula is C44H28O. The zero-order chi connectivity index (χ0) is 39.3. The van der Waals surface area contributed by atoms with E-state index in [1.165, 1.54) is 0 Å². The number of hydrogen-bond donors (Lipinski definition) is 0. The van der Waals surface area contributed by atoms with Gasteiger partial charge in [-0.15, -0.1) is 0 Å². The Morgan fingerprint density at radius 3 is 1.60 bits per heavy atom. The van der Waals surface area contributed by atoms with Gasteiger partial charge in [-0.2, -0.15) is 0 Å². The number of hydrogen-bond acceptors (Lipinski definition) is 1. The molecule has 9 rings (SSSR count). The van der Waals surface area contributed by atoms with Crippen molar-refractivity contribution in [2.45, 2.75) is 0 Å². The summed E-state index contributed by atoms with van der Waals surface area (Å²) in [6.07, 6.45) is 0. The van der Waals surface area contributed by atoms with Crippen molar-refractivity contribution >= 4 is 43.5 Å². The maximum Gasteiger partial charge on any atom is 0.143 e. The lowest BCUT2D eigenvalue weighted by Crippen LogP contribution is -1.93. The molecule has 45 heavy (non-hydrogen) atoms. The van der Waals surface area contributed by atoms with Crippen molar-refractivity contribution in [3.63, 3.8) is 0 Å². The zero-order valence-corrected chi connectivity index (χ0v) is 23.7. The van der Waals surface area contributed by atoms with Crippen LogP contribution in [-0.4, -0.2) is 0 Å². The lowest BCUT2D eigenvalue weighted by Gasteiger charge is -2.20. The van der Waals surface area contributed by atoms with E-state index in [9.17, 15) is 2.74 Å². The van der Waals surface area contributed by atoms with Gasteiger partial charge < -0.3 is 4.42 Å². The second-order valence-corrected chi connectivity index (χ2v) is 10.8. The Morgan fingerprint density at radius 1 is 0.356 bits per heavy atom. The summed E-state index contributed by atoms with van der Waals surface area (Å²) in [5.74, 6) is 0. The smallest absolute Gasteiger partial charge is 0.143 e. The minimum absolute atomic E-state index is 0.0636. The number of para-hydroxylation sites is 1. The highest BCUT2D eigenvalue weighted by Gasteiger charge is 2.22. The van der Waals surface area contributed by atoms with Crippen molar-refractivity contribution in [1.82, 2.24) is 0 Å². The fourth-order valence-electron chi connectivity index (χ4n) is 6.39. The van der Waals surface area contributed by atoms with Gasteiger partial charge in [0.2, 0.25) is 0 Å². The Hall–Kier alpha value is -5.92. The van der Waals surface area contributed by atoms with Crippen LogP contribution in [0.5, 0.6) is 0 Å². The van der Waals surface area contributed by atoms with Crippen LogP contribution in [0.1, 0.15) is 15.1 Å². The lowest BCUT2D eigenvalue weighted by molar-refractivity contribution is 0.670. The summed E-state index contributed by atoms with van der Waals surface area (Å²) in [5.41, 5.74) is 3.67. The van der Waals surface area contributed by atoms with E-state index in [0.29, 0.717) is 16.3 Å². The summed E-state index contributed by atoms with van der Waals surface area (Å²) in [4.78, 5) is 0. The Morgan fingerprint density at radius 2 is 0.911 bits per heavy atom. The molecule has 0 atom stereocenters. The van der Waals surface area contributed by atoms with Gasteiger partial charge in [0.15, 0.2) is 0 Å². The first kappa shape index (κ1) is 16.8. The summed E-state index contributed by atoms with van der Waals surface area (Å²) in [6.45, 7) is 0. The van der Waals surface area contributed by atoms with Crippen LogP contribution < -0.4 is 0 Å². The highest BCUT2D eigenvalue weighted by Crippen LogP contribution is 2.48. The second kappa shape index (κ2) is 10.4. The quantitative estimate of drug-likeness (QED) is 0.188. The molecule has 0 N–H and O–H groups in total. The number of rotatable bonds is 4. The minimum Gasteiger partial charge on any atom is -0.455 e. The first-order chi connectivity index (χ1) is 26.9. The van der Waals surface area contributed by atoms with Crippen LogP contribution in [0, 0.1) is 0 Å². The summed E-state index contributed by atoms with van der Waals surface area (Å²) < 4.78 is 104. The molecule has 0 amide bonds. The van der Waals surface area contributed by atoms with Crippen LogP contribution >= 0.6 is 0 Å². The molecule has 0 bridgehead atoms. The molecule has 9 aromatic rings. The van der Waals surface area contributed by atoms with Crippen LogP contribution in [-0.2, 0) is 0 Å². The summed E-state index contributed by atoms with van der Waals surface area (Å²) >= 11 is 0. The van der Waals surface area contributed by atoms with Crippen LogP contribution in [0.15, 0.2) is 174 Å². The average molecular weight is 584 g/mol. The molecule has 1 aromatic heterocycles. The molecule has 1 heteroatoms. The zero-order valence-electron chi connectivity index (χ0n) is 34.7. The standard InChI is InChI=1S/C44H28O/c1-3-13-29(14-4-1)30-23-25-32(26-24-30)41-34-18-7-9-20-36(34)43(37-21-10-8-19-35(37)41)39-28-27-38-33-17-11-12-22-40(33)45-44(38)42(39)31-15-5-2-6-16-31/h1-28H/i2D,5D,6D,11D,12D,15D,16D,17D,22D,27D,28D. The first-order valence-electron chi connectivity index (χ1n) is 20.0. The van der Waals surface area contributed by atoms with E-state index in [1.54, 1.807) is 0 Å². The van der Waals surface area contributed by atoms with Gasteiger partial charge in [0.05, 0.1) is 15.1 Å². The third-order valence-electron chi connectivity index (χ3n) is 8.34. The molecule has 0 aliphatic rings. The third kappa shape index (κ3) is 4.09. The van der Waals surface area contributed by atoms with Crippen molar-refractivity contribution < 1.29 is 19.5 Å². The van der Waals surface area contributed by atoms with Gasteiger partial charge in [-0.3, -0.25) is 0 Å². The third-order valence-corrected chi connectivity index (χ3v) is 8.34. The topological polar surface area (TPSA) is 13.1 Å². The van der Waals surface area contributed by atoms with E-state index in [1.807, 2.05) is 78.9 Å². The Kier molecular flexibility index (Phi) is 3.87. The van der Waals surface area contributed by atoms with Crippen LogP contribution in [0.4, 0.5) is 0 Å². The fourth-order valence-corrected chi connectivity index (χ4v) is 6.39. The number of benzene rings is 8. The lowest BCUT2D eigenvalue weighted by atomic mass is 9.83. The Bertz CT molecular complexity index is 3050. The number of fused-ring (bicyclic) bond motifs is 5. The molecule has 0 radical (unpaired) electrons. The fraction of sp³-hybridized carbons (Fsp3) is 0. The highest BCUT2D eigenvalue weighted by molar-refractivity contribution is 6.24. The largest absolute Gasteiger partial charge is 0.455 e. The monoisotopic (exact) mass is 583 g/mol. The van der Waals surface area contributed by atoms with Gasteiger partial charge in [0.1, 0.15) is 11.2 Å². The molecule has 0 saturated carbocycles. The van der Waals surface area contributed by atoms with Gasteiger partial charge in [-0.25, -0.2) is 0 Å². The van der Waals surface area contributed by atoms with Gasteiger partial charge in [-0.05, 0) is 72.6 Å². The predicted octanol–water partition coefficient (Wildman–Crippen LogP) is 12.6. The maximum absolute atomic E-state index is 9.73. The van der Waals surface area contributed by atoms with Crippen molar-refractivity contribution in [3.05, 3.63) is 170 Å². The Balaban J connectivity index is 1.48. The highest BCUT2D eigenvalue weighted by atomic mass is 16.3. The molecular weight excluding hydrogens is 544 g/mol. The molecule has 0 aliphatic heterocycles. The van der Waals surface area contributed by atoms with Gasteiger partial charge in [0, 0.05) is 16.3 Å². The van der Waals surface area contributed by atoms with Crippen LogP contribution in [0.3, 0.4) is 0 Å². The molecule has 1 nitrogen and oxygen atoms in total. The molecule has 1 heterocycles. The molecule has 0 aliphatic carbocycles. The molecule has 8 aromatic carbocycles. The molecule has 0 fully saturated rings. The maximum atomic E-state index is 9.73. The van der Waals surface area contributed by atoms with E-state index in [-0.39, 0.29) is 44.7 Å². The average Bonchev–Trinajstić information content (AvgIpc) is 3.63. The summed E-state index contributed by atoms with van der Waals surface area (Å²) in [5, 5.41) is 2.68. The Labute approximate surface area is 277 Å². The van der Waals surface area contributed by atoms with Gasteiger partial charge >= 0.3 is 0 Å². The van der Waals surface area contributed by atoms with Crippen molar-refractivity contribution in [3.8, 4) is 44.5 Å². The van der Waals surface area contributed by atoms with Crippen LogP contribution in [0.2, 0.25) is 0 Å². The molecule has 0 unspecified atom stereocenters. The van der Waals surface area contributed by atoms with E-state index < -0.39 is 60.4 Å². The predicted molar refractivity (Wildman–Crippen MR) is 190 cm³/mol. The first-order valence-corrected chi connectivity index (χ1v) is 14.5. The van der Waals surface area contributed by atoms with Gasteiger partial charge in [0.25, 0.3) is 0 Å². The van der Waals surface area contributed by atoms with E-state index in [0.717, 1.165) is 33.0 Å². The molecule has 0 saturated heterocycles. The molecule has 210 valence electrons. The minimum atomic E-state index is -0.619. The van der Waals surface area contributed by atoms with Gasteiger partial charge in [-0.1, -0.05) is 158 Å². The van der Waals surface area contributed by atoms with Crippen molar-refractivity contribution in [2.24, 2.45) is 0 Å². The van der Waals surface area contributed by atoms with E-state index >= 15 is 0 Å². The summed E-state index contributed by atoms with van der Waals surface area (Å²) in [7, 11) is 0. The second-order valence-electron chi connectivity index (χ2n) is 10.8. The number of furan rings is 1. The van der Waals surface area contributed by atoms with Crippen molar-refractivity contribution in [1.29, 1.82) is 0 Å². The summed E-state index contributed by atoms with van der Waals surface area (Å²) in [6, 6.07) is 27.6. The van der Waals surface area contributed by atoms with E-state index in [4.69, 9.17) is 16.8 Å².